The van der Waals surface area contributed by atoms with Crippen molar-refractivity contribution >= 4 is 5.97 Å². The van der Waals surface area contributed by atoms with Crippen molar-refractivity contribution in [3.05, 3.63) is 30.0 Å². The quantitative estimate of drug-likeness (QED) is 0.847. The van der Waals surface area contributed by atoms with Crippen LogP contribution in [0, 0.1) is 0 Å². The van der Waals surface area contributed by atoms with Gasteiger partial charge in [-0.25, -0.2) is 4.79 Å². The molecule has 0 amide bonds. The van der Waals surface area contributed by atoms with Crippen molar-refractivity contribution in [1.82, 2.24) is 10.2 Å². The van der Waals surface area contributed by atoms with Crippen LogP contribution in [0.2, 0.25) is 0 Å². The zero-order valence-electron chi connectivity index (χ0n) is 11.3. The van der Waals surface area contributed by atoms with E-state index in [4.69, 9.17) is 9.47 Å². The molecule has 2 aromatic rings. The highest BCUT2D eigenvalue weighted by atomic mass is 16.5. The summed E-state index contributed by atoms with van der Waals surface area (Å²) < 4.78 is 11.0. The highest BCUT2D eigenvalue weighted by Crippen LogP contribution is 2.34. The van der Waals surface area contributed by atoms with Crippen LogP contribution in [-0.4, -0.2) is 34.5 Å². The van der Waals surface area contributed by atoms with E-state index < -0.39 is 5.97 Å². The van der Waals surface area contributed by atoms with E-state index in [2.05, 4.69) is 10.2 Å². The third-order valence-electron chi connectivity index (χ3n) is 2.70. The number of hydrogen-bond acceptors (Lipinski definition) is 4. The highest BCUT2D eigenvalue weighted by molar-refractivity contribution is 5.95. The number of benzene rings is 1. The Morgan fingerprint density at radius 3 is 2.70 bits per heavy atom. The summed E-state index contributed by atoms with van der Waals surface area (Å²) in [6, 6.07) is 5.29. The van der Waals surface area contributed by atoms with Gasteiger partial charge in [-0.05, 0) is 32.0 Å². The zero-order chi connectivity index (χ0) is 14.5. The lowest BCUT2D eigenvalue weighted by Gasteiger charge is -2.12. The zero-order valence-corrected chi connectivity index (χ0v) is 11.3. The number of ether oxygens (including phenoxy) is 2. The number of carbonyl (C=O) groups is 1. The van der Waals surface area contributed by atoms with E-state index in [0.29, 0.717) is 36.0 Å². The van der Waals surface area contributed by atoms with Gasteiger partial charge in [0.2, 0.25) is 0 Å². The Labute approximate surface area is 116 Å². The summed E-state index contributed by atoms with van der Waals surface area (Å²) in [6.45, 7) is 4.76. The molecular formula is C14H16N2O4. The number of carboxylic acid groups (broad SMARTS) is 1. The molecule has 6 nitrogen and oxygen atoms in total. The summed E-state index contributed by atoms with van der Waals surface area (Å²) in [6.07, 6.45) is 1.28. The number of aromatic amines is 1. The van der Waals surface area contributed by atoms with Crippen molar-refractivity contribution < 1.29 is 19.4 Å². The van der Waals surface area contributed by atoms with Crippen LogP contribution in [0.5, 0.6) is 11.5 Å². The van der Waals surface area contributed by atoms with E-state index in [0.717, 1.165) is 0 Å². The number of rotatable bonds is 6. The fourth-order valence-electron chi connectivity index (χ4n) is 1.90. The van der Waals surface area contributed by atoms with Crippen LogP contribution in [0.3, 0.4) is 0 Å². The molecule has 0 radical (unpaired) electrons. The van der Waals surface area contributed by atoms with E-state index in [1.165, 1.54) is 6.20 Å². The molecule has 0 saturated carbocycles. The van der Waals surface area contributed by atoms with Gasteiger partial charge in [0, 0.05) is 5.56 Å². The second kappa shape index (κ2) is 6.10. The average molecular weight is 276 g/mol. The summed E-state index contributed by atoms with van der Waals surface area (Å²) in [5.41, 5.74) is 1.12. The van der Waals surface area contributed by atoms with Crippen molar-refractivity contribution in [3.63, 3.8) is 0 Å². The van der Waals surface area contributed by atoms with Gasteiger partial charge < -0.3 is 14.6 Å². The molecule has 0 spiro atoms. The maximum Gasteiger partial charge on any atom is 0.339 e. The largest absolute Gasteiger partial charge is 0.494 e. The maximum absolute atomic E-state index is 11.2. The Bertz CT molecular complexity index is 607. The topological polar surface area (TPSA) is 84.4 Å². The van der Waals surface area contributed by atoms with E-state index in [1.807, 2.05) is 13.8 Å². The van der Waals surface area contributed by atoms with E-state index in [1.54, 1.807) is 18.2 Å². The average Bonchev–Trinajstić information content (AvgIpc) is 2.90. The number of nitrogens with zero attached hydrogens (tertiary/aromatic N) is 1. The number of H-pyrrole nitrogens is 1. The van der Waals surface area contributed by atoms with Crippen LogP contribution in [0.15, 0.2) is 24.4 Å². The first-order valence-electron chi connectivity index (χ1n) is 6.34. The molecule has 1 aromatic heterocycles. The fraction of sp³-hybridized carbons (Fsp3) is 0.286. The fourth-order valence-corrected chi connectivity index (χ4v) is 1.90. The van der Waals surface area contributed by atoms with Gasteiger partial charge in [-0.15, -0.1) is 0 Å². The van der Waals surface area contributed by atoms with Crippen molar-refractivity contribution in [2.75, 3.05) is 13.2 Å². The van der Waals surface area contributed by atoms with E-state index in [-0.39, 0.29) is 5.56 Å². The molecule has 20 heavy (non-hydrogen) atoms. The summed E-state index contributed by atoms with van der Waals surface area (Å²) >= 11 is 0. The molecule has 6 heteroatoms. The lowest BCUT2D eigenvalue weighted by molar-refractivity contribution is 0.0698. The SMILES string of the molecule is CCOc1ccc(OCC)c(-c2[nH]ncc2C(=O)O)c1. The molecule has 0 aliphatic carbocycles. The molecule has 0 bridgehead atoms. The second-order valence-electron chi connectivity index (χ2n) is 3.99. The molecular weight excluding hydrogens is 260 g/mol. The Balaban J connectivity index is 2.53. The molecule has 0 fully saturated rings. The first-order chi connectivity index (χ1) is 9.67. The van der Waals surface area contributed by atoms with Crippen LogP contribution in [-0.2, 0) is 0 Å². The lowest BCUT2D eigenvalue weighted by Crippen LogP contribution is -2.00. The van der Waals surface area contributed by atoms with E-state index >= 15 is 0 Å². The normalized spacial score (nSPS) is 10.3. The van der Waals surface area contributed by atoms with Crippen LogP contribution < -0.4 is 9.47 Å². The van der Waals surface area contributed by atoms with Gasteiger partial charge >= 0.3 is 5.97 Å². The van der Waals surface area contributed by atoms with Gasteiger partial charge in [-0.2, -0.15) is 5.10 Å². The van der Waals surface area contributed by atoms with Gasteiger partial charge in [-0.3, -0.25) is 5.10 Å². The molecule has 106 valence electrons. The maximum atomic E-state index is 11.2. The van der Waals surface area contributed by atoms with Crippen molar-refractivity contribution in [2.45, 2.75) is 13.8 Å². The molecule has 0 saturated heterocycles. The summed E-state index contributed by atoms with van der Waals surface area (Å²) in [7, 11) is 0. The minimum Gasteiger partial charge on any atom is -0.494 e. The van der Waals surface area contributed by atoms with Crippen molar-refractivity contribution in [1.29, 1.82) is 0 Å². The van der Waals surface area contributed by atoms with Gasteiger partial charge in [0.25, 0.3) is 0 Å². The van der Waals surface area contributed by atoms with Crippen molar-refractivity contribution in [3.8, 4) is 22.8 Å². The Kier molecular flexibility index (Phi) is 4.24. The number of aromatic nitrogens is 2. The predicted octanol–water partition coefficient (Wildman–Crippen LogP) is 2.57. The monoisotopic (exact) mass is 276 g/mol. The number of aromatic carboxylic acids is 1. The van der Waals surface area contributed by atoms with Gasteiger partial charge in [0.15, 0.2) is 0 Å². The van der Waals surface area contributed by atoms with Crippen LogP contribution in [0.25, 0.3) is 11.3 Å². The van der Waals surface area contributed by atoms with Crippen LogP contribution in [0.4, 0.5) is 0 Å². The smallest absolute Gasteiger partial charge is 0.339 e. The van der Waals surface area contributed by atoms with Crippen LogP contribution in [0.1, 0.15) is 24.2 Å². The first kappa shape index (κ1) is 13.9. The Hall–Kier alpha value is -2.50. The molecule has 0 aliphatic heterocycles. The van der Waals surface area contributed by atoms with Crippen LogP contribution >= 0.6 is 0 Å². The molecule has 0 unspecified atom stereocenters. The molecule has 0 aliphatic rings. The van der Waals surface area contributed by atoms with Gasteiger partial charge in [0.1, 0.15) is 17.1 Å². The third-order valence-corrected chi connectivity index (χ3v) is 2.70. The Morgan fingerprint density at radius 1 is 1.30 bits per heavy atom. The molecule has 1 aromatic carbocycles. The standard InChI is InChI=1S/C14H16N2O4/c1-3-19-9-5-6-12(20-4-2)10(7-9)13-11(14(17)18)8-15-16-13/h5-8H,3-4H2,1-2H3,(H,15,16)(H,17,18). The minimum absolute atomic E-state index is 0.0969. The molecule has 0 atom stereocenters. The summed E-state index contributed by atoms with van der Waals surface area (Å²) in [5.74, 6) is 0.192. The van der Waals surface area contributed by atoms with Crippen molar-refractivity contribution in [2.24, 2.45) is 0 Å². The third kappa shape index (κ3) is 2.74. The highest BCUT2D eigenvalue weighted by Gasteiger charge is 2.18. The van der Waals surface area contributed by atoms with Gasteiger partial charge in [0.05, 0.1) is 25.1 Å². The number of nitrogens with one attached hydrogen (secondary N) is 1. The molecule has 2 rings (SSSR count). The predicted molar refractivity (Wildman–Crippen MR) is 73.3 cm³/mol. The Morgan fingerprint density at radius 2 is 2.05 bits per heavy atom. The second-order valence-corrected chi connectivity index (χ2v) is 3.99. The minimum atomic E-state index is -1.04. The number of hydrogen-bond donors (Lipinski definition) is 2. The summed E-state index contributed by atoms with van der Waals surface area (Å²) in [5, 5.41) is 15.7. The van der Waals surface area contributed by atoms with E-state index in [9.17, 15) is 9.90 Å². The number of carboxylic acids is 1. The molecule has 1 heterocycles. The lowest BCUT2D eigenvalue weighted by atomic mass is 10.1. The molecule has 2 N–H and O–H groups in total. The first-order valence-corrected chi connectivity index (χ1v) is 6.34. The van der Waals surface area contributed by atoms with Gasteiger partial charge in [-0.1, -0.05) is 0 Å². The summed E-state index contributed by atoms with van der Waals surface area (Å²) in [4.78, 5) is 11.2.